The van der Waals surface area contributed by atoms with Gasteiger partial charge in [-0.1, -0.05) is 13.8 Å². The highest BCUT2D eigenvalue weighted by molar-refractivity contribution is 7.99. The number of amides is 1. The maximum atomic E-state index is 11.7. The molecule has 1 aromatic carbocycles. The molecule has 0 bridgehead atoms. The molecule has 0 radical (unpaired) electrons. The molecule has 0 atom stereocenters. The molecule has 18 heavy (non-hydrogen) atoms. The van der Waals surface area contributed by atoms with Gasteiger partial charge in [-0.3, -0.25) is 4.79 Å². The number of methoxy groups -OCH3 is 1. The minimum absolute atomic E-state index is 0.0301. The van der Waals surface area contributed by atoms with Gasteiger partial charge < -0.3 is 15.8 Å². The largest absolute Gasteiger partial charge is 0.497 e. The number of nitrogens with two attached hydrogens (primary N) is 1. The third-order valence-electron chi connectivity index (χ3n) is 2.22. The maximum Gasteiger partial charge on any atom is 0.234 e. The Hall–Kier alpha value is -1.36. The minimum Gasteiger partial charge on any atom is -0.497 e. The van der Waals surface area contributed by atoms with E-state index in [4.69, 9.17) is 10.5 Å². The Morgan fingerprint density at radius 3 is 2.78 bits per heavy atom. The lowest BCUT2D eigenvalue weighted by Gasteiger charge is -2.10. The predicted molar refractivity (Wildman–Crippen MR) is 78.2 cm³/mol. The first-order chi connectivity index (χ1) is 8.52. The monoisotopic (exact) mass is 268 g/mol. The number of carbonyl (C=O) groups is 1. The average molecular weight is 268 g/mol. The maximum absolute atomic E-state index is 11.7. The van der Waals surface area contributed by atoms with E-state index in [1.807, 2.05) is 0 Å². The molecule has 100 valence electrons. The summed E-state index contributed by atoms with van der Waals surface area (Å²) in [5.41, 5.74) is 6.96. The van der Waals surface area contributed by atoms with Crippen molar-refractivity contribution < 1.29 is 9.53 Å². The molecule has 5 heteroatoms. The lowest BCUT2D eigenvalue weighted by Crippen LogP contribution is -2.16. The fourth-order valence-electron chi connectivity index (χ4n) is 1.36. The second kappa shape index (κ2) is 7.16. The van der Waals surface area contributed by atoms with Crippen LogP contribution in [-0.4, -0.2) is 24.5 Å². The molecular weight excluding hydrogens is 248 g/mol. The first-order valence-electron chi connectivity index (χ1n) is 5.84. The highest BCUT2D eigenvalue weighted by Crippen LogP contribution is 2.24. The number of thioether (sulfide) groups is 1. The summed E-state index contributed by atoms with van der Waals surface area (Å²) in [5.74, 6) is 2.67. The number of hydrogen-bond donors (Lipinski definition) is 2. The van der Waals surface area contributed by atoms with Crippen LogP contribution in [0.2, 0.25) is 0 Å². The number of nitrogen functional groups attached to an aromatic ring is 1. The molecule has 0 heterocycles. The number of anilines is 2. The van der Waals surface area contributed by atoms with Crippen LogP contribution in [-0.2, 0) is 4.79 Å². The standard InChI is InChI=1S/C13H20N2O2S/c1-9(2)7-18-8-13(16)15-12-5-4-10(17-3)6-11(12)14/h4-6,9H,7-8,14H2,1-3H3,(H,15,16). The molecule has 0 spiro atoms. The van der Waals surface area contributed by atoms with Crippen LogP contribution >= 0.6 is 11.8 Å². The molecule has 0 unspecified atom stereocenters. The van der Waals surface area contributed by atoms with Gasteiger partial charge in [0.15, 0.2) is 0 Å². The Labute approximate surface area is 112 Å². The van der Waals surface area contributed by atoms with Crippen molar-refractivity contribution in [3.05, 3.63) is 18.2 Å². The van der Waals surface area contributed by atoms with Crippen LogP contribution in [0.25, 0.3) is 0 Å². The highest BCUT2D eigenvalue weighted by atomic mass is 32.2. The van der Waals surface area contributed by atoms with Crippen molar-refractivity contribution in [1.82, 2.24) is 0 Å². The zero-order valence-electron chi connectivity index (χ0n) is 11.0. The van der Waals surface area contributed by atoms with E-state index in [1.165, 1.54) is 0 Å². The van der Waals surface area contributed by atoms with Crippen molar-refractivity contribution in [1.29, 1.82) is 0 Å². The van der Waals surface area contributed by atoms with E-state index in [2.05, 4.69) is 19.2 Å². The Bertz CT molecular complexity index is 408. The third-order valence-corrected chi connectivity index (χ3v) is 3.59. The Balaban J connectivity index is 2.49. The Kier molecular flexibility index (Phi) is 5.85. The van der Waals surface area contributed by atoms with Crippen LogP contribution in [0.3, 0.4) is 0 Å². The molecule has 0 aromatic heterocycles. The fraction of sp³-hybridized carbons (Fsp3) is 0.462. The normalized spacial score (nSPS) is 10.4. The van der Waals surface area contributed by atoms with Crippen molar-refractivity contribution in [3.63, 3.8) is 0 Å². The minimum atomic E-state index is -0.0301. The van der Waals surface area contributed by atoms with Crippen LogP contribution in [0.1, 0.15) is 13.8 Å². The Morgan fingerprint density at radius 2 is 2.22 bits per heavy atom. The molecule has 0 aliphatic rings. The predicted octanol–water partition coefficient (Wildman–Crippen LogP) is 2.61. The van der Waals surface area contributed by atoms with Crippen molar-refractivity contribution in [3.8, 4) is 5.75 Å². The second-order valence-electron chi connectivity index (χ2n) is 4.41. The summed E-state index contributed by atoms with van der Waals surface area (Å²) in [6, 6.07) is 5.21. The third kappa shape index (κ3) is 4.87. The van der Waals surface area contributed by atoms with Gasteiger partial charge in [-0.05, 0) is 23.8 Å². The zero-order valence-corrected chi connectivity index (χ0v) is 11.8. The van der Waals surface area contributed by atoms with Gasteiger partial charge in [0, 0.05) is 6.07 Å². The van der Waals surface area contributed by atoms with E-state index in [-0.39, 0.29) is 5.91 Å². The van der Waals surface area contributed by atoms with Gasteiger partial charge >= 0.3 is 0 Å². The zero-order chi connectivity index (χ0) is 13.5. The van der Waals surface area contributed by atoms with Crippen LogP contribution in [0.4, 0.5) is 11.4 Å². The summed E-state index contributed by atoms with van der Waals surface area (Å²) in [7, 11) is 1.58. The van der Waals surface area contributed by atoms with Crippen LogP contribution in [0.15, 0.2) is 18.2 Å². The van der Waals surface area contributed by atoms with Crippen LogP contribution < -0.4 is 15.8 Å². The molecule has 4 nitrogen and oxygen atoms in total. The van der Waals surface area contributed by atoms with E-state index in [9.17, 15) is 4.79 Å². The molecule has 0 fully saturated rings. The summed E-state index contributed by atoms with van der Waals surface area (Å²) in [5, 5.41) is 2.79. The number of ether oxygens (including phenoxy) is 1. The molecule has 0 saturated carbocycles. The SMILES string of the molecule is COc1ccc(NC(=O)CSCC(C)C)c(N)c1. The van der Waals surface area contributed by atoms with Gasteiger partial charge in [-0.25, -0.2) is 0 Å². The van der Waals surface area contributed by atoms with Crippen LogP contribution in [0.5, 0.6) is 5.75 Å². The van der Waals surface area contributed by atoms with E-state index >= 15 is 0 Å². The molecular formula is C13H20N2O2S. The van der Waals surface area contributed by atoms with Crippen LogP contribution in [0, 0.1) is 5.92 Å². The molecule has 1 rings (SSSR count). The molecule has 1 amide bonds. The summed E-state index contributed by atoms with van der Waals surface area (Å²) < 4.78 is 5.05. The van der Waals surface area contributed by atoms with Gasteiger partial charge in [0.25, 0.3) is 0 Å². The summed E-state index contributed by atoms with van der Waals surface area (Å²) in [6.45, 7) is 4.26. The molecule has 0 aliphatic carbocycles. The first kappa shape index (κ1) is 14.7. The highest BCUT2D eigenvalue weighted by Gasteiger charge is 2.06. The van der Waals surface area contributed by atoms with E-state index in [0.717, 1.165) is 5.75 Å². The van der Waals surface area contributed by atoms with Gasteiger partial charge in [0.2, 0.25) is 5.91 Å². The van der Waals surface area contributed by atoms with Gasteiger partial charge in [0.1, 0.15) is 5.75 Å². The number of carbonyl (C=O) groups excluding carboxylic acids is 1. The smallest absolute Gasteiger partial charge is 0.234 e. The summed E-state index contributed by atoms with van der Waals surface area (Å²) in [4.78, 5) is 11.7. The second-order valence-corrected chi connectivity index (χ2v) is 5.44. The lowest BCUT2D eigenvalue weighted by molar-refractivity contribution is -0.113. The van der Waals surface area contributed by atoms with Crippen molar-refractivity contribution in [2.75, 3.05) is 29.7 Å². The Morgan fingerprint density at radius 1 is 1.50 bits per heavy atom. The number of benzene rings is 1. The molecule has 1 aromatic rings. The van der Waals surface area contributed by atoms with Crippen molar-refractivity contribution >= 4 is 29.0 Å². The van der Waals surface area contributed by atoms with E-state index in [1.54, 1.807) is 37.1 Å². The van der Waals surface area contributed by atoms with Gasteiger partial charge in [-0.15, -0.1) is 0 Å². The summed E-state index contributed by atoms with van der Waals surface area (Å²) in [6.07, 6.45) is 0. The molecule has 0 aliphatic heterocycles. The van der Waals surface area contributed by atoms with Crippen molar-refractivity contribution in [2.24, 2.45) is 5.92 Å². The topological polar surface area (TPSA) is 64.3 Å². The van der Waals surface area contributed by atoms with Gasteiger partial charge in [0.05, 0.1) is 24.2 Å². The number of hydrogen-bond acceptors (Lipinski definition) is 4. The molecule has 3 N–H and O–H groups in total. The number of nitrogens with one attached hydrogen (secondary N) is 1. The van der Waals surface area contributed by atoms with Crippen molar-refractivity contribution in [2.45, 2.75) is 13.8 Å². The fourth-order valence-corrected chi connectivity index (χ4v) is 2.20. The average Bonchev–Trinajstić information content (AvgIpc) is 2.31. The van der Waals surface area contributed by atoms with E-state index in [0.29, 0.717) is 28.8 Å². The quantitative estimate of drug-likeness (QED) is 0.778. The van der Waals surface area contributed by atoms with Gasteiger partial charge in [-0.2, -0.15) is 11.8 Å². The summed E-state index contributed by atoms with van der Waals surface area (Å²) >= 11 is 1.62. The first-order valence-corrected chi connectivity index (χ1v) is 6.99. The van der Waals surface area contributed by atoms with E-state index < -0.39 is 0 Å². The molecule has 0 saturated heterocycles. The lowest BCUT2D eigenvalue weighted by atomic mass is 10.2. The number of rotatable bonds is 6.